The molecular formula is C19H19ClN2O. The first-order valence-electron chi connectivity index (χ1n) is 7.81. The van der Waals surface area contributed by atoms with Gasteiger partial charge in [-0.25, -0.2) is 0 Å². The molecule has 1 atom stereocenters. The minimum atomic E-state index is 0.232. The van der Waals surface area contributed by atoms with Crippen molar-refractivity contribution in [1.82, 2.24) is 9.88 Å². The van der Waals surface area contributed by atoms with E-state index in [1.807, 2.05) is 18.2 Å². The lowest BCUT2D eigenvalue weighted by atomic mass is 9.93. The summed E-state index contributed by atoms with van der Waals surface area (Å²) in [6, 6.07) is 14.7. The average Bonchev–Trinajstić information content (AvgIpc) is 2.92. The second kappa shape index (κ2) is 5.59. The SMILES string of the molecule is COc1ccc([C@H]2c3[nH]c4ccc(Cl)cc4c3CCN2C)cc1. The Morgan fingerprint density at radius 1 is 1.17 bits per heavy atom. The fourth-order valence-corrected chi connectivity index (χ4v) is 3.76. The monoisotopic (exact) mass is 326 g/mol. The van der Waals surface area contributed by atoms with Gasteiger partial charge in [-0.2, -0.15) is 0 Å². The van der Waals surface area contributed by atoms with Gasteiger partial charge in [0.05, 0.1) is 13.2 Å². The zero-order valence-corrected chi connectivity index (χ0v) is 14.0. The van der Waals surface area contributed by atoms with Gasteiger partial charge in [-0.1, -0.05) is 23.7 Å². The third-order valence-electron chi connectivity index (χ3n) is 4.76. The maximum Gasteiger partial charge on any atom is 0.118 e. The number of methoxy groups -OCH3 is 1. The molecule has 4 rings (SSSR count). The van der Waals surface area contributed by atoms with E-state index in [-0.39, 0.29) is 6.04 Å². The molecule has 0 aliphatic carbocycles. The summed E-state index contributed by atoms with van der Waals surface area (Å²) >= 11 is 6.20. The zero-order chi connectivity index (χ0) is 16.0. The minimum absolute atomic E-state index is 0.232. The van der Waals surface area contributed by atoms with Crippen molar-refractivity contribution in [3.05, 3.63) is 64.3 Å². The molecule has 3 nitrogen and oxygen atoms in total. The minimum Gasteiger partial charge on any atom is -0.497 e. The highest BCUT2D eigenvalue weighted by atomic mass is 35.5. The second-order valence-electron chi connectivity index (χ2n) is 6.11. The molecule has 2 heterocycles. The first-order chi connectivity index (χ1) is 11.2. The Morgan fingerprint density at radius 3 is 2.70 bits per heavy atom. The van der Waals surface area contributed by atoms with Crippen LogP contribution in [-0.2, 0) is 6.42 Å². The quantitative estimate of drug-likeness (QED) is 0.755. The molecule has 1 aliphatic heterocycles. The van der Waals surface area contributed by atoms with Crippen LogP contribution < -0.4 is 4.74 Å². The van der Waals surface area contributed by atoms with Gasteiger partial charge in [-0.3, -0.25) is 4.90 Å². The van der Waals surface area contributed by atoms with Crippen LogP contribution in [0.4, 0.5) is 0 Å². The summed E-state index contributed by atoms with van der Waals surface area (Å²) in [5.74, 6) is 0.885. The van der Waals surface area contributed by atoms with Gasteiger partial charge in [0.15, 0.2) is 0 Å². The lowest BCUT2D eigenvalue weighted by molar-refractivity contribution is 0.261. The normalized spacial score (nSPS) is 18.1. The van der Waals surface area contributed by atoms with Crippen LogP contribution in [0.25, 0.3) is 10.9 Å². The molecule has 0 amide bonds. The van der Waals surface area contributed by atoms with Crippen LogP contribution in [-0.4, -0.2) is 30.6 Å². The highest BCUT2D eigenvalue weighted by Crippen LogP contribution is 2.38. The third-order valence-corrected chi connectivity index (χ3v) is 5.00. The van der Waals surface area contributed by atoms with E-state index >= 15 is 0 Å². The largest absolute Gasteiger partial charge is 0.497 e. The number of H-pyrrole nitrogens is 1. The van der Waals surface area contributed by atoms with Crippen LogP contribution in [0.1, 0.15) is 22.9 Å². The van der Waals surface area contributed by atoms with Crippen molar-refractivity contribution in [3.63, 3.8) is 0 Å². The molecule has 4 heteroatoms. The molecule has 1 aliphatic rings. The van der Waals surface area contributed by atoms with Crippen molar-refractivity contribution in [3.8, 4) is 5.75 Å². The molecule has 3 aromatic rings. The summed E-state index contributed by atoms with van der Waals surface area (Å²) in [6.07, 6.45) is 1.04. The molecule has 0 saturated carbocycles. The lowest BCUT2D eigenvalue weighted by Crippen LogP contribution is -2.32. The van der Waals surface area contributed by atoms with E-state index in [9.17, 15) is 0 Å². The van der Waals surface area contributed by atoms with Gasteiger partial charge >= 0.3 is 0 Å². The van der Waals surface area contributed by atoms with Crippen molar-refractivity contribution in [2.75, 3.05) is 20.7 Å². The number of halogens is 1. The molecule has 0 bridgehead atoms. The van der Waals surface area contributed by atoms with E-state index in [1.165, 1.54) is 22.2 Å². The van der Waals surface area contributed by atoms with Crippen molar-refractivity contribution >= 4 is 22.5 Å². The molecule has 0 unspecified atom stereocenters. The van der Waals surface area contributed by atoms with Gasteiger partial charge < -0.3 is 9.72 Å². The Balaban J connectivity index is 1.86. The Morgan fingerprint density at radius 2 is 1.96 bits per heavy atom. The van der Waals surface area contributed by atoms with Gasteiger partial charge in [0, 0.05) is 28.2 Å². The fourth-order valence-electron chi connectivity index (χ4n) is 3.59. The number of fused-ring (bicyclic) bond motifs is 3. The Hall–Kier alpha value is -1.97. The number of nitrogens with one attached hydrogen (secondary N) is 1. The molecule has 1 N–H and O–H groups in total. The first-order valence-corrected chi connectivity index (χ1v) is 8.19. The standard InChI is InChI=1S/C19H19ClN2O/c1-22-10-9-15-16-11-13(20)5-8-17(16)21-18(15)19(22)12-3-6-14(23-2)7-4-12/h3-8,11,19,21H,9-10H2,1-2H3/t19-/m0/s1. The molecule has 0 saturated heterocycles. The van der Waals surface area contributed by atoms with Crippen LogP contribution in [0.15, 0.2) is 42.5 Å². The van der Waals surface area contributed by atoms with E-state index < -0.39 is 0 Å². The second-order valence-corrected chi connectivity index (χ2v) is 6.55. The van der Waals surface area contributed by atoms with Crippen LogP contribution in [0.5, 0.6) is 5.75 Å². The number of rotatable bonds is 2. The van der Waals surface area contributed by atoms with Gasteiger partial charge in [0.2, 0.25) is 0 Å². The first kappa shape index (κ1) is 14.6. The summed E-state index contributed by atoms with van der Waals surface area (Å²) < 4.78 is 5.28. The van der Waals surface area contributed by atoms with Crippen LogP contribution >= 0.6 is 11.6 Å². The highest BCUT2D eigenvalue weighted by molar-refractivity contribution is 6.31. The van der Waals surface area contributed by atoms with Gasteiger partial charge in [-0.15, -0.1) is 0 Å². The molecule has 0 spiro atoms. The number of aromatic nitrogens is 1. The Bertz CT molecular complexity index is 854. The smallest absolute Gasteiger partial charge is 0.118 e. The zero-order valence-electron chi connectivity index (χ0n) is 13.3. The van der Waals surface area contributed by atoms with E-state index in [1.54, 1.807) is 7.11 Å². The number of benzene rings is 2. The highest BCUT2D eigenvalue weighted by Gasteiger charge is 2.29. The van der Waals surface area contributed by atoms with Crippen molar-refractivity contribution in [1.29, 1.82) is 0 Å². The van der Waals surface area contributed by atoms with E-state index in [0.29, 0.717) is 0 Å². The number of likely N-dealkylation sites (N-methyl/N-ethyl adjacent to an activating group) is 1. The maximum absolute atomic E-state index is 6.20. The maximum atomic E-state index is 6.20. The van der Waals surface area contributed by atoms with Gasteiger partial charge in [0.1, 0.15) is 5.75 Å². The van der Waals surface area contributed by atoms with E-state index in [4.69, 9.17) is 16.3 Å². The molecule has 0 radical (unpaired) electrons. The molecule has 23 heavy (non-hydrogen) atoms. The Kier molecular flexibility index (Phi) is 3.55. The molecule has 0 fully saturated rings. The topological polar surface area (TPSA) is 28.3 Å². The number of nitrogens with zero attached hydrogens (tertiary/aromatic N) is 1. The predicted octanol–water partition coefficient (Wildman–Crippen LogP) is 4.41. The third kappa shape index (κ3) is 2.41. The molecule has 1 aromatic heterocycles. The van der Waals surface area contributed by atoms with Crippen LogP contribution in [0, 0.1) is 0 Å². The lowest BCUT2D eigenvalue weighted by Gasteiger charge is -2.33. The summed E-state index contributed by atoms with van der Waals surface area (Å²) in [5, 5.41) is 2.04. The number of aromatic amines is 1. The molecular weight excluding hydrogens is 308 g/mol. The molecule has 2 aromatic carbocycles. The summed E-state index contributed by atoms with van der Waals surface area (Å²) in [4.78, 5) is 6.01. The van der Waals surface area contributed by atoms with E-state index in [2.05, 4.69) is 41.2 Å². The van der Waals surface area contributed by atoms with Crippen molar-refractivity contribution in [2.24, 2.45) is 0 Å². The number of hydrogen-bond acceptors (Lipinski definition) is 2. The van der Waals surface area contributed by atoms with Crippen molar-refractivity contribution < 1.29 is 4.74 Å². The van der Waals surface area contributed by atoms with E-state index in [0.717, 1.165) is 29.3 Å². The Labute approximate surface area is 140 Å². The fraction of sp³-hybridized carbons (Fsp3) is 0.263. The predicted molar refractivity (Wildman–Crippen MR) is 94.5 cm³/mol. The average molecular weight is 327 g/mol. The van der Waals surface area contributed by atoms with Crippen LogP contribution in [0.3, 0.4) is 0 Å². The molecule has 118 valence electrons. The number of ether oxygens (including phenoxy) is 1. The van der Waals surface area contributed by atoms with Gasteiger partial charge in [-0.05, 0) is 54.9 Å². The number of hydrogen-bond donors (Lipinski definition) is 1. The van der Waals surface area contributed by atoms with Crippen molar-refractivity contribution in [2.45, 2.75) is 12.5 Å². The summed E-state index contributed by atoms with van der Waals surface area (Å²) in [7, 11) is 3.87. The van der Waals surface area contributed by atoms with Gasteiger partial charge in [0.25, 0.3) is 0 Å². The van der Waals surface area contributed by atoms with Crippen LogP contribution in [0.2, 0.25) is 5.02 Å². The summed E-state index contributed by atoms with van der Waals surface area (Å²) in [6.45, 7) is 1.03. The summed E-state index contributed by atoms with van der Waals surface area (Å²) in [5.41, 5.74) is 5.10.